The normalized spacial score (nSPS) is 14.1. The molecule has 5 nitrogen and oxygen atoms in total. The van der Waals surface area contributed by atoms with Gasteiger partial charge in [-0.1, -0.05) is 36.8 Å². The Morgan fingerprint density at radius 1 is 1.50 bits per heavy atom. The van der Waals surface area contributed by atoms with E-state index in [1.54, 1.807) is 14.0 Å². The second-order valence-electron chi connectivity index (χ2n) is 4.27. The number of hydrogen-bond acceptors (Lipinski definition) is 5. The molecule has 0 bridgehead atoms. The third-order valence-electron chi connectivity index (χ3n) is 2.43. The molecule has 1 rings (SSSR count). The summed E-state index contributed by atoms with van der Waals surface area (Å²) in [5.74, 6) is 0.128. The zero-order chi connectivity index (χ0) is 13.9. The molecule has 8 heteroatoms. The summed E-state index contributed by atoms with van der Waals surface area (Å²) in [5, 5.41) is 0. The van der Waals surface area contributed by atoms with Gasteiger partial charge in [0.25, 0.3) is 10.0 Å². The van der Waals surface area contributed by atoms with E-state index in [2.05, 4.69) is 9.71 Å². The summed E-state index contributed by atoms with van der Waals surface area (Å²) >= 11 is 6.68. The molecular weight excluding hydrogens is 296 g/mol. The van der Waals surface area contributed by atoms with Gasteiger partial charge in [0, 0.05) is 13.2 Å². The number of methoxy groups -OCH3 is 1. The van der Waals surface area contributed by atoms with E-state index >= 15 is 0 Å². The van der Waals surface area contributed by atoms with Crippen LogP contribution in [0.5, 0.6) is 0 Å². The van der Waals surface area contributed by atoms with Crippen molar-refractivity contribution in [1.29, 1.82) is 0 Å². The number of rotatable bonds is 6. The fourth-order valence-electron chi connectivity index (χ4n) is 1.39. The summed E-state index contributed by atoms with van der Waals surface area (Å²) in [6, 6.07) is -0.278. The van der Waals surface area contributed by atoms with Crippen molar-refractivity contribution < 1.29 is 13.2 Å². The quantitative estimate of drug-likeness (QED) is 0.873. The second kappa shape index (κ2) is 6.29. The predicted octanol–water partition coefficient (Wildman–Crippen LogP) is 2.05. The van der Waals surface area contributed by atoms with E-state index < -0.39 is 10.0 Å². The van der Waals surface area contributed by atoms with Crippen molar-refractivity contribution in [3.63, 3.8) is 0 Å². The molecule has 0 aromatic carbocycles. The SMILES string of the molecule is COCC(NS(=O)(=O)c1sc(Cl)nc1C)C(C)C. The molecule has 0 aliphatic rings. The first-order valence-corrected chi connectivity index (χ1v) is 8.10. The Bertz CT molecular complexity index is 499. The highest BCUT2D eigenvalue weighted by molar-refractivity contribution is 7.91. The molecule has 1 aromatic heterocycles. The fraction of sp³-hybridized carbons (Fsp3) is 0.700. The van der Waals surface area contributed by atoms with Crippen molar-refractivity contribution >= 4 is 33.0 Å². The third kappa shape index (κ3) is 3.89. The maximum absolute atomic E-state index is 12.2. The van der Waals surface area contributed by atoms with Crippen molar-refractivity contribution in [2.24, 2.45) is 5.92 Å². The van der Waals surface area contributed by atoms with Crippen molar-refractivity contribution in [3.8, 4) is 0 Å². The molecule has 0 saturated heterocycles. The maximum atomic E-state index is 12.2. The molecule has 0 aliphatic heterocycles. The zero-order valence-electron chi connectivity index (χ0n) is 10.7. The molecule has 0 amide bonds. The van der Waals surface area contributed by atoms with E-state index in [9.17, 15) is 8.42 Å². The molecule has 0 fully saturated rings. The van der Waals surface area contributed by atoms with Crippen molar-refractivity contribution in [2.75, 3.05) is 13.7 Å². The van der Waals surface area contributed by atoms with Gasteiger partial charge in [-0.25, -0.2) is 18.1 Å². The Labute approximate surface area is 117 Å². The summed E-state index contributed by atoms with van der Waals surface area (Å²) < 4.78 is 32.4. The Morgan fingerprint density at radius 3 is 2.50 bits per heavy atom. The van der Waals surface area contributed by atoms with Crippen LogP contribution in [0.4, 0.5) is 0 Å². The first kappa shape index (κ1) is 15.8. The van der Waals surface area contributed by atoms with E-state index in [4.69, 9.17) is 16.3 Å². The van der Waals surface area contributed by atoms with Crippen molar-refractivity contribution in [1.82, 2.24) is 9.71 Å². The molecule has 0 saturated carbocycles. The Balaban J connectivity index is 2.97. The van der Waals surface area contributed by atoms with Gasteiger partial charge in [0.05, 0.1) is 12.3 Å². The van der Waals surface area contributed by atoms with Crippen LogP contribution >= 0.6 is 22.9 Å². The second-order valence-corrected chi connectivity index (χ2v) is 7.76. The highest BCUT2D eigenvalue weighted by Crippen LogP contribution is 2.27. The van der Waals surface area contributed by atoms with Crippen LogP contribution in [0.1, 0.15) is 19.5 Å². The number of sulfonamides is 1. The summed E-state index contributed by atoms with van der Waals surface area (Å²) in [6.07, 6.45) is 0. The first-order valence-electron chi connectivity index (χ1n) is 5.42. The van der Waals surface area contributed by atoms with Gasteiger partial charge < -0.3 is 4.74 Å². The topological polar surface area (TPSA) is 68.3 Å². The van der Waals surface area contributed by atoms with Gasteiger partial charge in [-0.05, 0) is 12.8 Å². The lowest BCUT2D eigenvalue weighted by Crippen LogP contribution is -2.41. The smallest absolute Gasteiger partial charge is 0.252 e. The first-order chi connectivity index (χ1) is 8.27. The number of aromatic nitrogens is 1. The minimum absolute atomic E-state index is 0.128. The summed E-state index contributed by atoms with van der Waals surface area (Å²) in [4.78, 5) is 3.91. The Morgan fingerprint density at radius 2 is 2.11 bits per heavy atom. The van der Waals surface area contributed by atoms with Crippen LogP contribution in [-0.4, -0.2) is 33.2 Å². The van der Waals surface area contributed by atoms with Gasteiger partial charge in [-0.2, -0.15) is 0 Å². The predicted molar refractivity (Wildman–Crippen MR) is 72.7 cm³/mol. The zero-order valence-corrected chi connectivity index (χ0v) is 13.1. The lowest BCUT2D eigenvalue weighted by Gasteiger charge is -2.20. The number of ether oxygens (including phenoxy) is 1. The van der Waals surface area contributed by atoms with E-state index in [0.29, 0.717) is 12.3 Å². The summed E-state index contributed by atoms with van der Waals surface area (Å²) in [5.41, 5.74) is 0.414. The monoisotopic (exact) mass is 312 g/mol. The average Bonchev–Trinajstić information content (AvgIpc) is 2.57. The largest absolute Gasteiger partial charge is 0.383 e. The number of hydrogen-bond donors (Lipinski definition) is 1. The molecular formula is C10H17ClN2O3S2. The van der Waals surface area contributed by atoms with Gasteiger partial charge in [0.15, 0.2) is 8.68 Å². The lowest BCUT2D eigenvalue weighted by molar-refractivity contribution is 0.157. The molecule has 0 aliphatic carbocycles. The molecule has 1 N–H and O–H groups in total. The van der Waals surface area contributed by atoms with E-state index in [-0.39, 0.29) is 20.6 Å². The van der Waals surface area contributed by atoms with Crippen LogP contribution in [0, 0.1) is 12.8 Å². The molecule has 18 heavy (non-hydrogen) atoms. The molecule has 1 unspecified atom stereocenters. The van der Waals surface area contributed by atoms with E-state index in [0.717, 1.165) is 11.3 Å². The molecule has 1 aromatic rings. The van der Waals surface area contributed by atoms with Crippen molar-refractivity contribution in [3.05, 3.63) is 10.2 Å². The molecule has 1 atom stereocenters. The number of aryl methyl sites for hydroxylation is 1. The standard InChI is InChI=1S/C10H17ClN2O3S2/c1-6(2)8(5-16-4)13-18(14,15)9-7(3)12-10(11)17-9/h6,8,13H,5H2,1-4H3. The van der Waals surface area contributed by atoms with Gasteiger partial charge in [0.1, 0.15) is 0 Å². The molecule has 104 valence electrons. The average molecular weight is 313 g/mol. The van der Waals surface area contributed by atoms with Gasteiger partial charge in [-0.15, -0.1) is 0 Å². The van der Waals surface area contributed by atoms with Crippen LogP contribution < -0.4 is 4.72 Å². The molecule has 0 spiro atoms. The van der Waals surface area contributed by atoms with E-state index in [1.165, 1.54) is 0 Å². The fourth-order valence-corrected chi connectivity index (χ4v) is 4.52. The molecule has 1 heterocycles. The number of nitrogens with one attached hydrogen (secondary N) is 1. The maximum Gasteiger partial charge on any atom is 0.252 e. The van der Waals surface area contributed by atoms with E-state index in [1.807, 2.05) is 13.8 Å². The van der Waals surface area contributed by atoms with Crippen LogP contribution in [0.15, 0.2) is 4.21 Å². The van der Waals surface area contributed by atoms with Crippen LogP contribution in [0.2, 0.25) is 4.47 Å². The van der Waals surface area contributed by atoms with Crippen LogP contribution in [0.3, 0.4) is 0 Å². The van der Waals surface area contributed by atoms with Gasteiger partial charge in [0.2, 0.25) is 0 Å². The van der Waals surface area contributed by atoms with Crippen LogP contribution in [0.25, 0.3) is 0 Å². The summed E-state index contributed by atoms with van der Waals surface area (Å²) in [6.45, 7) is 5.80. The third-order valence-corrected chi connectivity index (χ3v) is 5.79. The Kier molecular flexibility index (Phi) is 5.54. The summed E-state index contributed by atoms with van der Waals surface area (Å²) in [7, 11) is -2.05. The minimum Gasteiger partial charge on any atom is -0.383 e. The van der Waals surface area contributed by atoms with Gasteiger partial charge in [-0.3, -0.25) is 0 Å². The Hall–Kier alpha value is -0.210. The minimum atomic E-state index is -3.59. The highest BCUT2D eigenvalue weighted by atomic mass is 35.5. The number of thiazole rings is 1. The highest BCUT2D eigenvalue weighted by Gasteiger charge is 2.26. The number of nitrogens with zero attached hydrogens (tertiary/aromatic N) is 1. The van der Waals surface area contributed by atoms with Crippen LogP contribution in [-0.2, 0) is 14.8 Å². The van der Waals surface area contributed by atoms with Crippen molar-refractivity contribution in [2.45, 2.75) is 31.0 Å². The number of halogens is 1. The molecule has 0 radical (unpaired) electrons. The van der Waals surface area contributed by atoms with Gasteiger partial charge >= 0.3 is 0 Å². The lowest BCUT2D eigenvalue weighted by atomic mass is 10.1.